The molecule has 1 aliphatic rings. The number of rotatable bonds is 4. The van der Waals surface area contributed by atoms with E-state index in [-0.39, 0.29) is 6.03 Å². The van der Waals surface area contributed by atoms with Crippen molar-refractivity contribution < 1.29 is 13.6 Å². The summed E-state index contributed by atoms with van der Waals surface area (Å²) in [5.74, 6) is 0.436. The number of halogens is 2. The van der Waals surface area contributed by atoms with Crippen LogP contribution in [0.3, 0.4) is 0 Å². The van der Waals surface area contributed by atoms with Crippen LogP contribution in [0, 0.1) is 0 Å². The topological polar surface area (TPSA) is 63.1 Å². The molecule has 1 aliphatic heterocycles. The first-order valence-electron chi connectivity index (χ1n) is 7.88. The molecule has 2 aromatic heterocycles. The first-order chi connectivity index (χ1) is 11.6. The molecule has 128 valence electrons. The summed E-state index contributed by atoms with van der Waals surface area (Å²) in [6.07, 6.45) is 5.67. The summed E-state index contributed by atoms with van der Waals surface area (Å²) in [5, 5.41) is 6.51. The molecule has 1 saturated heterocycles. The number of alkyl halides is 2. The summed E-state index contributed by atoms with van der Waals surface area (Å²) in [6.45, 7) is 0.835. The quantitative estimate of drug-likeness (QED) is 0.934. The highest BCUT2D eigenvalue weighted by molar-refractivity contribution is 5.89. The lowest BCUT2D eigenvalue weighted by Crippen LogP contribution is -2.40. The highest BCUT2D eigenvalue weighted by Crippen LogP contribution is 2.27. The van der Waals surface area contributed by atoms with Gasteiger partial charge in [0.2, 0.25) is 0 Å². The van der Waals surface area contributed by atoms with Crippen LogP contribution in [0.15, 0.2) is 36.9 Å². The molecule has 0 spiro atoms. The number of anilines is 1. The molecule has 1 fully saturated rings. The number of amides is 2. The van der Waals surface area contributed by atoms with Gasteiger partial charge < -0.3 is 10.2 Å². The van der Waals surface area contributed by atoms with Gasteiger partial charge in [-0.1, -0.05) is 0 Å². The fraction of sp³-hybridized carbons (Fsp3) is 0.438. The van der Waals surface area contributed by atoms with Crippen molar-refractivity contribution in [1.29, 1.82) is 0 Å². The molecule has 8 heteroatoms. The lowest BCUT2D eigenvalue weighted by molar-refractivity contribution is 0.122. The molecule has 0 bridgehead atoms. The minimum Gasteiger partial charge on any atom is -0.324 e. The van der Waals surface area contributed by atoms with Gasteiger partial charge in [0.1, 0.15) is 6.54 Å². The summed E-state index contributed by atoms with van der Waals surface area (Å²) < 4.78 is 25.7. The Morgan fingerprint density at radius 1 is 1.29 bits per heavy atom. The molecule has 0 radical (unpaired) electrons. The fourth-order valence-electron chi connectivity index (χ4n) is 2.92. The van der Waals surface area contributed by atoms with Crippen molar-refractivity contribution in [3.05, 3.63) is 42.5 Å². The second-order valence-corrected chi connectivity index (χ2v) is 5.81. The molecule has 0 aromatic carbocycles. The van der Waals surface area contributed by atoms with E-state index in [1.165, 1.54) is 18.0 Å². The van der Waals surface area contributed by atoms with Gasteiger partial charge in [-0.05, 0) is 36.5 Å². The standard InChI is InChI=1S/C16H19F2N5O/c17-15(18)11-23-10-14(9-20-23)21-16(24)22-7-3-13(4-8-22)12-1-5-19-6-2-12/h1-2,5-6,9-10,13,15H,3-4,7-8,11H2,(H,21,24). The van der Waals surface area contributed by atoms with E-state index in [4.69, 9.17) is 0 Å². The number of likely N-dealkylation sites (tertiary alicyclic amines) is 1. The van der Waals surface area contributed by atoms with Gasteiger partial charge in [0, 0.05) is 31.7 Å². The van der Waals surface area contributed by atoms with E-state index in [1.54, 1.807) is 17.3 Å². The Morgan fingerprint density at radius 2 is 2.00 bits per heavy atom. The van der Waals surface area contributed by atoms with Crippen LogP contribution in [0.5, 0.6) is 0 Å². The Labute approximate surface area is 138 Å². The maximum atomic E-state index is 12.3. The van der Waals surface area contributed by atoms with E-state index in [0.29, 0.717) is 24.7 Å². The van der Waals surface area contributed by atoms with Gasteiger partial charge in [-0.15, -0.1) is 0 Å². The van der Waals surface area contributed by atoms with E-state index in [9.17, 15) is 13.6 Å². The Kier molecular flexibility index (Phi) is 5.02. The summed E-state index contributed by atoms with van der Waals surface area (Å²) in [4.78, 5) is 18.0. The van der Waals surface area contributed by atoms with Crippen molar-refractivity contribution in [2.45, 2.75) is 31.7 Å². The number of pyridine rings is 1. The third-order valence-corrected chi connectivity index (χ3v) is 4.17. The molecule has 0 unspecified atom stereocenters. The molecule has 3 heterocycles. The number of nitrogens with one attached hydrogen (secondary N) is 1. The van der Waals surface area contributed by atoms with Crippen LogP contribution < -0.4 is 5.32 Å². The van der Waals surface area contributed by atoms with Crippen molar-refractivity contribution in [3.8, 4) is 0 Å². The predicted octanol–water partition coefficient (Wildman–Crippen LogP) is 2.95. The number of aromatic nitrogens is 3. The zero-order chi connectivity index (χ0) is 16.9. The predicted molar refractivity (Wildman–Crippen MR) is 85.0 cm³/mol. The van der Waals surface area contributed by atoms with Gasteiger partial charge in [-0.3, -0.25) is 9.67 Å². The molecule has 2 aromatic rings. The average molecular weight is 335 g/mol. The number of carbonyl (C=O) groups is 1. The molecule has 0 aliphatic carbocycles. The summed E-state index contributed by atoms with van der Waals surface area (Å²) in [6, 6.07) is 3.80. The lowest BCUT2D eigenvalue weighted by atomic mass is 9.90. The molecule has 0 atom stereocenters. The molecule has 2 amide bonds. The molecular weight excluding hydrogens is 316 g/mol. The molecule has 24 heavy (non-hydrogen) atoms. The molecular formula is C16H19F2N5O. The molecule has 1 N–H and O–H groups in total. The Hall–Kier alpha value is -2.51. The van der Waals surface area contributed by atoms with Gasteiger partial charge in [-0.25, -0.2) is 13.6 Å². The Balaban J connectivity index is 1.51. The van der Waals surface area contributed by atoms with E-state index >= 15 is 0 Å². The third-order valence-electron chi connectivity index (χ3n) is 4.17. The van der Waals surface area contributed by atoms with Crippen LogP contribution in [0.25, 0.3) is 0 Å². The van der Waals surface area contributed by atoms with Crippen molar-refractivity contribution >= 4 is 11.7 Å². The third kappa shape index (κ3) is 4.06. The first-order valence-corrected chi connectivity index (χ1v) is 7.88. The van der Waals surface area contributed by atoms with Crippen LogP contribution in [0.1, 0.15) is 24.3 Å². The smallest absolute Gasteiger partial charge is 0.321 e. The second kappa shape index (κ2) is 7.37. The largest absolute Gasteiger partial charge is 0.324 e. The zero-order valence-electron chi connectivity index (χ0n) is 13.1. The first kappa shape index (κ1) is 16.4. The lowest BCUT2D eigenvalue weighted by Gasteiger charge is -2.32. The normalized spacial score (nSPS) is 15.7. The Morgan fingerprint density at radius 3 is 2.67 bits per heavy atom. The fourth-order valence-corrected chi connectivity index (χ4v) is 2.92. The van der Waals surface area contributed by atoms with Crippen molar-refractivity contribution in [3.63, 3.8) is 0 Å². The van der Waals surface area contributed by atoms with Crippen molar-refractivity contribution in [1.82, 2.24) is 19.7 Å². The minimum atomic E-state index is -2.47. The minimum absolute atomic E-state index is 0.222. The van der Waals surface area contributed by atoms with Crippen molar-refractivity contribution in [2.75, 3.05) is 18.4 Å². The number of hydrogen-bond acceptors (Lipinski definition) is 3. The molecule has 3 rings (SSSR count). The van der Waals surface area contributed by atoms with Gasteiger partial charge in [-0.2, -0.15) is 5.10 Å². The molecule has 6 nitrogen and oxygen atoms in total. The SMILES string of the molecule is O=C(Nc1cnn(CC(F)F)c1)N1CCC(c2ccncc2)CC1. The number of piperidine rings is 1. The maximum Gasteiger partial charge on any atom is 0.321 e. The number of nitrogens with zero attached hydrogens (tertiary/aromatic N) is 4. The number of hydrogen-bond donors (Lipinski definition) is 1. The van der Waals surface area contributed by atoms with E-state index in [0.717, 1.165) is 17.5 Å². The van der Waals surface area contributed by atoms with E-state index < -0.39 is 13.0 Å². The van der Waals surface area contributed by atoms with Gasteiger partial charge >= 0.3 is 6.03 Å². The van der Waals surface area contributed by atoms with Crippen LogP contribution in [-0.4, -0.2) is 45.2 Å². The van der Waals surface area contributed by atoms with Crippen LogP contribution in [0.4, 0.5) is 19.3 Å². The number of urea groups is 1. The van der Waals surface area contributed by atoms with E-state index in [2.05, 4.69) is 15.4 Å². The summed E-state index contributed by atoms with van der Waals surface area (Å²) >= 11 is 0. The highest BCUT2D eigenvalue weighted by atomic mass is 19.3. The molecule has 0 saturated carbocycles. The summed E-state index contributed by atoms with van der Waals surface area (Å²) in [5.41, 5.74) is 1.68. The number of carbonyl (C=O) groups excluding carboxylic acids is 1. The van der Waals surface area contributed by atoms with Gasteiger partial charge in [0.25, 0.3) is 6.43 Å². The zero-order valence-corrected chi connectivity index (χ0v) is 13.1. The van der Waals surface area contributed by atoms with E-state index in [1.807, 2.05) is 12.1 Å². The Bertz CT molecular complexity index is 668. The van der Waals surface area contributed by atoms with Gasteiger partial charge in [0.05, 0.1) is 11.9 Å². The van der Waals surface area contributed by atoms with Crippen molar-refractivity contribution in [2.24, 2.45) is 0 Å². The second-order valence-electron chi connectivity index (χ2n) is 5.81. The average Bonchev–Trinajstić information content (AvgIpc) is 3.02. The van der Waals surface area contributed by atoms with Crippen LogP contribution in [-0.2, 0) is 6.54 Å². The highest BCUT2D eigenvalue weighted by Gasteiger charge is 2.24. The van der Waals surface area contributed by atoms with Crippen LogP contribution in [0.2, 0.25) is 0 Å². The monoisotopic (exact) mass is 335 g/mol. The maximum absolute atomic E-state index is 12.3. The van der Waals surface area contributed by atoms with Gasteiger partial charge in [0.15, 0.2) is 0 Å². The summed E-state index contributed by atoms with van der Waals surface area (Å²) in [7, 11) is 0. The van der Waals surface area contributed by atoms with Crippen LogP contribution >= 0.6 is 0 Å².